The summed E-state index contributed by atoms with van der Waals surface area (Å²) < 4.78 is 37.3. The molecule has 1 fully saturated rings. The first-order chi connectivity index (χ1) is 9.80. The Labute approximate surface area is 122 Å². The molecule has 0 aliphatic heterocycles. The van der Waals surface area contributed by atoms with Gasteiger partial charge in [-0.1, -0.05) is 0 Å². The summed E-state index contributed by atoms with van der Waals surface area (Å²) in [5.74, 6) is 2.27. The van der Waals surface area contributed by atoms with Crippen LogP contribution in [0.1, 0.15) is 50.4 Å². The van der Waals surface area contributed by atoms with Gasteiger partial charge >= 0.3 is 6.18 Å². The van der Waals surface area contributed by atoms with Crippen molar-refractivity contribution >= 4 is 11.6 Å². The van der Waals surface area contributed by atoms with Gasteiger partial charge in [-0.15, -0.1) is 0 Å². The maximum absolute atomic E-state index is 12.4. The molecule has 0 bridgehead atoms. The molecule has 1 aliphatic carbocycles. The average molecular weight is 302 g/mol. The summed E-state index contributed by atoms with van der Waals surface area (Å²) >= 11 is 0. The van der Waals surface area contributed by atoms with E-state index >= 15 is 0 Å². The highest BCUT2D eigenvalue weighted by molar-refractivity contribution is 5.58. The molecule has 1 atom stereocenters. The molecule has 0 amide bonds. The van der Waals surface area contributed by atoms with Gasteiger partial charge in [-0.3, -0.25) is 0 Å². The van der Waals surface area contributed by atoms with E-state index in [-0.39, 0.29) is 0 Å². The molecule has 7 heteroatoms. The van der Waals surface area contributed by atoms with Crippen LogP contribution in [0.2, 0.25) is 0 Å². The zero-order valence-electron chi connectivity index (χ0n) is 12.5. The Bertz CT molecular complexity index is 498. The SMILES string of the molecule is CCNc1nc(C2CC2)nc(NC(C)CC(F)(F)F)c1C. The molecule has 1 aromatic rings. The Morgan fingerprint density at radius 2 is 1.86 bits per heavy atom. The summed E-state index contributed by atoms with van der Waals surface area (Å²) in [7, 11) is 0. The summed E-state index contributed by atoms with van der Waals surface area (Å²) in [5, 5.41) is 6.02. The van der Waals surface area contributed by atoms with Crippen LogP contribution < -0.4 is 10.6 Å². The molecular weight excluding hydrogens is 281 g/mol. The van der Waals surface area contributed by atoms with Gasteiger partial charge in [0, 0.05) is 24.1 Å². The van der Waals surface area contributed by atoms with Crippen LogP contribution in [-0.4, -0.2) is 28.7 Å². The second kappa shape index (κ2) is 6.07. The largest absolute Gasteiger partial charge is 0.391 e. The molecule has 0 spiro atoms. The van der Waals surface area contributed by atoms with Crippen molar-refractivity contribution in [3.05, 3.63) is 11.4 Å². The zero-order chi connectivity index (χ0) is 15.6. The summed E-state index contributed by atoms with van der Waals surface area (Å²) in [6, 6.07) is -0.722. The van der Waals surface area contributed by atoms with E-state index < -0.39 is 18.6 Å². The average Bonchev–Trinajstić information content (AvgIpc) is 3.16. The number of halogens is 3. The second-order valence-electron chi connectivity index (χ2n) is 5.57. The van der Waals surface area contributed by atoms with E-state index in [1.54, 1.807) is 0 Å². The van der Waals surface area contributed by atoms with Gasteiger partial charge in [0.15, 0.2) is 0 Å². The Balaban J connectivity index is 2.20. The van der Waals surface area contributed by atoms with Crippen LogP contribution in [0, 0.1) is 6.92 Å². The maximum atomic E-state index is 12.4. The number of anilines is 2. The number of hydrogen-bond acceptors (Lipinski definition) is 4. The highest BCUT2D eigenvalue weighted by Gasteiger charge is 2.31. The third-order valence-electron chi connectivity index (χ3n) is 3.37. The first-order valence-electron chi connectivity index (χ1n) is 7.26. The molecule has 1 heterocycles. The van der Waals surface area contributed by atoms with E-state index in [9.17, 15) is 13.2 Å². The number of nitrogens with one attached hydrogen (secondary N) is 2. The molecule has 1 aromatic heterocycles. The lowest BCUT2D eigenvalue weighted by molar-refractivity contribution is -0.136. The third kappa shape index (κ3) is 4.47. The molecule has 0 radical (unpaired) electrons. The highest BCUT2D eigenvalue weighted by Crippen LogP contribution is 2.39. The van der Waals surface area contributed by atoms with Crippen molar-refractivity contribution in [3.8, 4) is 0 Å². The van der Waals surface area contributed by atoms with Gasteiger partial charge in [0.05, 0.1) is 6.42 Å². The fourth-order valence-electron chi connectivity index (χ4n) is 2.17. The Morgan fingerprint density at radius 3 is 2.38 bits per heavy atom. The van der Waals surface area contributed by atoms with E-state index in [0.29, 0.717) is 24.1 Å². The van der Waals surface area contributed by atoms with Gasteiger partial charge in [-0.05, 0) is 33.6 Å². The van der Waals surface area contributed by atoms with Gasteiger partial charge in [0.25, 0.3) is 0 Å². The predicted molar refractivity (Wildman–Crippen MR) is 76.7 cm³/mol. The minimum Gasteiger partial charge on any atom is -0.370 e. The minimum absolute atomic E-state index is 0.349. The summed E-state index contributed by atoms with van der Waals surface area (Å²) in [4.78, 5) is 8.90. The van der Waals surface area contributed by atoms with Crippen LogP contribution in [0.4, 0.5) is 24.8 Å². The van der Waals surface area contributed by atoms with Crippen molar-refractivity contribution in [1.82, 2.24) is 9.97 Å². The lowest BCUT2D eigenvalue weighted by Gasteiger charge is -2.19. The molecule has 118 valence electrons. The van der Waals surface area contributed by atoms with Crippen molar-refractivity contribution in [2.75, 3.05) is 17.2 Å². The number of alkyl halides is 3. The van der Waals surface area contributed by atoms with Gasteiger partial charge < -0.3 is 10.6 Å². The Hall–Kier alpha value is -1.53. The molecule has 0 saturated heterocycles. The lowest BCUT2D eigenvalue weighted by atomic mass is 10.2. The monoisotopic (exact) mass is 302 g/mol. The molecule has 4 nitrogen and oxygen atoms in total. The maximum Gasteiger partial charge on any atom is 0.391 e. The van der Waals surface area contributed by atoms with E-state index in [1.165, 1.54) is 6.92 Å². The van der Waals surface area contributed by atoms with Gasteiger partial charge in [0.1, 0.15) is 17.5 Å². The van der Waals surface area contributed by atoms with Crippen molar-refractivity contribution < 1.29 is 13.2 Å². The molecule has 2 rings (SSSR count). The van der Waals surface area contributed by atoms with Crippen molar-refractivity contribution in [2.24, 2.45) is 0 Å². The zero-order valence-corrected chi connectivity index (χ0v) is 12.5. The topological polar surface area (TPSA) is 49.8 Å². The summed E-state index contributed by atoms with van der Waals surface area (Å²) in [6.45, 7) is 5.99. The first kappa shape index (κ1) is 15.9. The molecule has 1 unspecified atom stereocenters. The Kier molecular flexibility index (Phi) is 4.58. The van der Waals surface area contributed by atoms with E-state index in [4.69, 9.17) is 0 Å². The van der Waals surface area contributed by atoms with Crippen LogP contribution in [-0.2, 0) is 0 Å². The molecule has 0 aromatic carbocycles. The molecular formula is C14H21F3N4. The molecule has 21 heavy (non-hydrogen) atoms. The van der Waals surface area contributed by atoms with Gasteiger partial charge in [0.2, 0.25) is 0 Å². The number of nitrogens with zero attached hydrogens (tertiary/aromatic N) is 2. The van der Waals surface area contributed by atoms with E-state index in [2.05, 4.69) is 20.6 Å². The number of rotatable bonds is 6. The van der Waals surface area contributed by atoms with Crippen LogP contribution >= 0.6 is 0 Å². The Morgan fingerprint density at radius 1 is 1.24 bits per heavy atom. The van der Waals surface area contributed by atoms with Crippen LogP contribution in [0.25, 0.3) is 0 Å². The normalized spacial score (nSPS) is 16.7. The minimum atomic E-state index is -4.18. The first-order valence-corrected chi connectivity index (χ1v) is 7.26. The number of hydrogen-bond donors (Lipinski definition) is 2. The quantitative estimate of drug-likeness (QED) is 0.838. The van der Waals surface area contributed by atoms with E-state index in [1.807, 2.05) is 13.8 Å². The predicted octanol–water partition coefficient (Wildman–Crippen LogP) is 3.85. The van der Waals surface area contributed by atoms with Gasteiger partial charge in [-0.25, -0.2) is 9.97 Å². The highest BCUT2D eigenvalue weighted by atomic mass is 19.4. The van der Waals surface area contributed by atoms with Crippen LogP contribution in [0.5, 0.6) is 0 Å². The smallest absolute Gasteiger partial charge is 0.370 e. The standard InChI is InChI=1S/C14H21F3N4/c1-4-18-11-9(3)12(19-8(2)7-14(15,16)17)21-13(20-11)10-5-6-10/h8,10H,4-7H2,1-3H3,(H2,18,19,20,21). The summed E-state index contributed by atoms with van der Waals surface area (Å²) in [5.41, 5.74) is 0.760. The van der Waals surface area contributed by atoms with Crippen LogP contribution in [0.15, 0.2) is 0 Å². The summed E-state index contributed by atoms with van der Waals surface area (Å²) in [6.07, 6.45) is -2.97. The molecule has 1 aliphatic rings. The van der Waals surface area contributed by atoms with Crippen LogP contribution in [0.3, 0.4) is 0 Å². The third-order valence-corrected chi connectivity index (χ3v) is 3.37. The fourth-order valence-corrected chi connectivity index (χ4v) is 2.17. The number of aromatic nitrogens is 2. The molecule has 1 saturated carbocycles. The lowest BCUT2D eigenvalue weighted by Crippen LogP contribution is -2.25. The molecule has 2 N–H and O–H groups in total. The van der Waals surface area contributed by atoms with Crippen molar-refractivity contribution in [2.45, 2.75) is 58.2 Å². The van der Waals surface area contributed by atoms with E-state index in [0.717, 1.165) is 24.2 Å². The van der Waals surface area contributed by atoms with Gasteiger partial charge in [-0.2, -0.15) is 13.2 Å². The van der Waals surface area contributed by atoms with Crippen molar-refractivity contribution in [3.63, 3.8) is 0 Å². The second-order valence-corrected chi connectivity index (χ2v) is 5.57. The van der Waals surface area contributed by atoms with Crippen molar-refractivity contribution in [1.29, 1.82) is 0 Å². The fraction of sp³-hybridized carbons (Fsp3) is 0.714.